The van der Waals surface area contributed by atoms with E-state index in [1.807, 2.05) is 47.9 Å². The number of rotatable bonds is 6. The zero-order chi connectivity index (χ0) is 25.4. The van der Waals surface area contributed by atoms with Crippen LogP contribution in [-0.2, 0) is 11.2 Å². The molecular weight excluding hydrogens is 448 g/mol. The molecule has 36 heavy (non-hydrogen) atoms. The normalized spacial score (nSPS) is 15.3. The number of hydrogen-bond donors (Lipinski definition) is 1. The topological polar surface area (TPSA) is 90.7 Å². The lowest BCUT2D eigenvalue weighted by Crippen LogP contribution is -2.53. The van der Waals surface area contributed by atoms with Crippen molar-refractivity contribution < 1.29 is 4.79 Å². The second kappa shape index (κ2) is 9.46. The lowest BCUT2D eigenvalue weighted by atomic mass is 9.98. The van der Waals surface area contributed by atoms with E-state index in [0.717, 1.165) is 22.2 Å². The van der Waals surface area contributed by atoms with Crippen LogP contribution in [0.2, 0.25) is 0 Å². The van der Waals surface area contributed by atoms with Crippen molar-refractivity contribution in [1.82, 2.24) is 19.0 Å². The minimum Gasteiger partial charge on any atom is -0.338 e. The molecule has 0 radical (unpaired) electrons. The zero-order valence-corrected chi connectivity index (χ0v) is 20.8. The molecule has 0 bridgehead atoms. The Labute approximate surface area is 210 Å². The van der Waals surface area contributed by atoms with Crippen molar-refractivity contribution in [2.45, 2.75) is 39.3 Å². The summed E-state index contributed by atoms with van der Waals surface area (Å²) in [6.07, 6.45) is 2.15. The van der Waals surface area contributed by atoms with Gasteiger partial charge in [-0.3, -0.25) is 14.8 Å². The summed E-state index contributed by atoms with van der Waals surface area (Å²) in [4.78, 5) is 20.2. The van der Waals surface area contributed by atoms with Crippen LogP contribution >= 0.6 is 0 Å². The summed E-state index contributed by atoms with van der Waals surface area (Å²) < 4.78 is 3.73. The summed E-state index contributed by atoms with van der Waals surface area (Å²) in [5.74, 6) is -0.205. The van der Waals surface area contributed by atoms with Crippen molar-refractivity contribution in [3.8, 4) is 6.07 Å². The third-order valence-electron chi connectivity index (χ3n) is 7.18. The molecule has 2 atom stereocenters. The molecule has 182 valence electrons. The second-order valence-electron chi connectivity index (χ2n) is 9.77. The molecule has 1 aliphatic heterocycles. The highest BCUT2D eigenvalue weighted by Crippen LogP contribution is 2.28. The van der Waals surface area contributed by atoms with Gasteiger partial charge in [-0.15, -0.1) is 0 Å². The molecule has 1 unspecified atom stereocenters. The van der Waals surface area contributed by atoms with Crippen LogP contribution in [0.15, 0.2) is 66.9 Å². The fourth-order valence-corrected chi connectivity index (χ4v) is 4.96. The molecule has 2 aromatic carbocycles. The largest absolute Gasteiger partial charge is 0.338 e. The number of carbonyl (C=O) groups is 1. The number of benzene rings is 2. The first-order chi connectivity index (χ1) is 17.4. The third-order valence-corrected chi connectivity index (χ3v) is 7.18. The summed E-state index contributed by atoms with van der Waals surface area (Å²) >= 11 is 0. The van der Waals surface area contributed by atoms with Crippen LogP contribution in [0.25, 0.3) is 11.2 Å². The molecule has 1 amide bonds. The molecule has 0 saturated carbocycles. The van der Waals surface area contributed by atoms with Crippen LogP contribution in [0, 0.1) is 36.5 Å². The average Bonchev–Trinajstić information content (AvgIpc) is 3.14. The van der Waals surface area contributed by atoms with Gasteiger partial charge in [0, 0.05) is 25.7 Å². The maximum Gasteiger partial charge on any atom is 0.246 e. The number of aromatic nitrogens is 3. The van der Waals surface area contributed by atoms with Gasteiger partial charge in [0.2, 0.25) is 11.5 Å². The van der Waals surface area contributed by atoms with Gasteiger partial charge in [0.15, 0.2) is 5.65 Å². The van der Waals surface area contributed by atoms with E-state index in [0.29, 0.717) is 25.2 Å². The van der Waals surface area contributed by atoms with E-state index in [1.54, 1.807) is 15.7 Å². The van der Waals surface area contributed by atoms with E-state index in [-0.39, 0.29) is 23.5 Å². The van der Waals surface area contributed by atoms with Gasteiger partial charge in [0.1, 0.15) is 6.04 Å². The molecule has 1 saturated heterocycles. The van der Waals surface area contributed by atoms with Crippen molar-refractivity contribution in [3.63, 3.8) is 0 Å². The highest BCUT2D eigenvalue weighted by molar-refractivity contribution is 5.84. The Kier molecular flexibility index (Phi) is 6.19. The highest BCUT2D eigenvalue weighted by atomic mass is 16.2. The maximum atomic E-state index is 13.8. The first-order valence-corrected chi connectivity index (χ1v) is 12.3. The zero-order valence-electron chi connectivity index (χ0n) is 20.8. The molecule has 0 spiro atoms. The number of fused-ring (bicyclic) bond motifs is 1. The van der Waals surface area contributed by atoms with E-state index in [1.165, 1.54) is 5.56 Å². The van der Waals surface area contributed by atoms with Crippen molar-refractivity contribution in [3.05, 3.63) is 94.7 Å². The van der Waals surface area contributed by atoms with Gasteiger partial charge in [-0.05, 0) is 44.0 Å². The molecule has 7 nitrogen and oxygen atoms in total. The number of imidazole rings is 1. The smallest absolute Gasteiger partial charge is 0.246 e. The van der Waals surface area contributed by atoms with E-state index in [4.69, 9.17) is 0 Å². The van der Waals surface area contributed by atoms with Crippen LogP contribution in [-0.4, -0.2) is 38.0 Å². The predicted octanol–water partition coefficient (Wildman–Crippen LogP) is 4.31. The van der Waals surface area contributed by atoms with E-state index in [9.17, 15) is 15.5 Å². The van der Waals surface area contributed by atoms with E-state index >= 15 is 0 Å². The van der Waals surface area contributed by atoms with Crippen LogP contribution in [0.3, 0.4) is 0 Å². The summed E-state index contributed by atoms with van der Waals surface area (Å²) in [5, 5.41) is 18.5. The Morgan fingerprint density at radius 3 is 2.33 bits per heavy atom. The molecule has 1 N–H and O–H groups in total. The molecule has 1 fully saturated rings. The summed E-state index contributed by atoms with van der Waals surface area (Å²) in [6.45, 7) is 7.03. The minimum absolute atomic E-state index is 0.0757. The predicted molar refractivity (Wildman–Crippen MR) is 138 cm³/mol. The van der Waals surface area contributed by atoms with Gasteiger partial charge in [-0.25, -0.2) is 4.98 Å². The standard InChI is InChI=1S/C29H30N6O/c1-19-6-10-22(11-7-19)15-26(28(36)33-17-23(16-30)18-33)35-27-25(5-4-14-32-27)34(29(35)31)21(3)24-12-8-20(2)9-13-24/h4-14,21,23,26,31H,15,17-18H2,1-3H3/t21?,26-/m0/s1. The Bertz CT molecular complexity index is 1500. The van der Waals surface area contributed by atoms with Crippen molar-refractivity contribution >= 4 is 17.1 Å². The van der Waals surface area contributed by atoms with Gasteiger partial charge in [0.25, 0.3) is 0 Å². The molecule has 3 heterocycles. The molecule has 4 aromatic rings. The number of nitriles is 1. The van der Waals surface area contributed by atoms with E-state index < -0.39 is 6.04 Å². The Morgan fingerprint density at radius 1 is 1.06 bits per heavy atom. The molecule has 2 aromatic heterocycles. The first-order valence-electron chi connectivity index (χ1n) is 12.3. The fourth-order valence-electron chi connectivity index (χ4n) is 4.96. The summed E-state index contributed by atoms with van der Waals surface area (Å²) in [5.41, 5.74) is 6.11. The number of nitrogens with one attached hydrogen (secondary N) is 1. The number of carbonyl (C=O) groups excluding carboxylic acids is 1. The van der Waals surface area contributed by atoms with Gasteiger partial charge in [-0.1, -0.05) is 59.7 Å². The summed E-state index contributed by atoms with van der Waals surface area (Å²) in [7, 11) is 0. The minimum atomic E-state index is -0.635. The molecule has 7 heteroatoms. The SMILES string of the molecule is Cc1ccc(C[C@@H](C(=O)N2CC(C#N)C2)n2c(=N)n(C(C)c3ccc(C)cc3)c3cccnc32)cc1. The monoisotopic (exact) mass is 478 g/mol. The highest BCUT2D eigenvalue weighted by Gasteiger charge is 2.37. The summed E-state index contributed by atoms with van der Waals surface area (Å²) in [6, 6.07) is 21.8. The average molecular weight is 479 g/mol. The number of hydrogen-bond acceptors (Lipinski definition) is 4. The lowest BCUT2D eigenvalue weighted by Gasteiger charge is -2.38. The van der Waals surface area contributed by atoms with Gasteiger partial charge < -0.3 is 9.47 Å². The Morgan fingerprint density at radius 2 is 1.69 bits per heavy atom. The fraction of sp³-hybridized carbons (Fsp3) is 0.310. The third kappa shape index (κ3) is 4.20. The van der Waals surface area contributed by atoms with Crippen molar-refractivity contribution in [2.75, 3.05) is 13.1 Å². The quantitative estimate of drug-likeness (QED) is 0.448. The number of amides is 1. The van der Waals surface area contributed by atoms with Gasteiger partial charge in [0.05, 0.1) is 23.5 Å². The van der Waals surface area contributed by atoms with Gasteiger partial charge >= 0.3 is 0 Å². The van der Waals surface area contributed by atoms with Gasteiger partial charge in [-0.2, -0.15) is 5.26 Å². The molecular formula is C29H30N6O. The lowest BCUT2D eigenvalue weighted by molar-refractivity contribution is -0.140. The first kappa shape index (κ1) is 23.6. The molecule has 1 aliphatic rings. The molecule has 5 rings (SSSR count). The van der Waals surface area contributed by atoms with Crippen LogP contribution in [0.1, 0.15) is 41.3 Å². The Balaban J connectivity index is 1.64. The van der Waals surface area contributed by atoms with E-state index in [2.05, 4.69) is 49.2 Å². The van der Waals surface area contributed by atoms with Crippen molar-refractivity contribution in [1.29, 1.82) is 10.7 Å². The van der Waals surface area contributed by atoms with Crippen molar-refractivity contribution in [2.24, 2.45) is 5.92 Å². The van der Waals surface area contributed by atoms with Crippen LogP contribution in [0.5, 0.6) is 0 Å². The Hall–Kier alpha value is -4.18. The number of pyridine rings is 1. The number of aryl methyl sites for hydroxylation is 2. The van der Waals surface area contributed by atoms with Crippen LogP contribution < -0.4 is 5.62 Å². The number of likely N-dealkylation sites (tertiary alicyclic amines) is 1. The molecule has 0 aliphatic carbocycles. The number of nitrogens with zero attached hydrogens (tertiary/aromatic N) is 5. The maximum absolute atomic E-state index is 13.8. The second-order valence-corrected chi connectivity index (χ2v) is 9.77. The van der Waals surface area contributed by atoms with Crippen LogP contribution in [0.4, 0.5) is 0 Å².